The zero-order chi connectivity index (χ0) is 13.2. The van der Waals surface area contributed by atoms with Crippen LogP contribution in [0, 0.1) is 23.4 Å². The Balaban J connectivity index is 3.15. The van der Waals surface area contributed by atoms with Crippen molar-refractivity contribution in [3.05, 3.63) is 35.1 Å². The Hall–Kier alpha value is -1.26. The molecule has 0 aliphatic heterocycles. The van der Waals surface area contributed by atoms with E-state index < -0.39 is 23.3 Å². The Labute approximate surface area is 99.3 Å². The van der Waals surface area contributed by atoms with Crippen LogP contribution in [0.25, 0.3) is 0 Å². The molecule has 0 aliphatic carbocycles. The van der Waals surface area contributed by atoms with E-state index in [1.54, 1.807) is 0 Å². The van der Waals surface area contributed by atoms with Crippen LogP contribution in [0.3, 0.4) is 0 Å². The van der Waals surface area contributed by atoms with E-state index >= 15 is 0 Å². The predicted octanol–water partition coefficient (Wildman–Crippen LogP) is 3.05. The van der Waals surface area contributed by atoms with Crippen LogP contribution in [-0.4, -0.2) is 13.0 Å². The van der Waals surface area contributed by atoms with Crippen LogP contribution in [0.5, 0.6) is 0 Å². The Bertz CT molecular complexity index is 409. The van der Waals surface area contributed by atoms with Crippen molar-refractivity contribution in [3.8, 4) is 0 Å². The fourth-order valence-corrected chi connectivity index (χ4v) is 1.69. The maximum atomic E-state index is 13.1. The summed E-state index contributed by atoms with van der Waals surface area (Å²) in [4.78, 5) is 11.1. The van der Waals surface area contributed by atoms with Gasteiger partial charge in [0, 0.05) is 0 Å². The summed E-state index contributed by atoms with van der Waals surface area (Å²) in [6.45, 7) is 5.01. The fraction of sp³-hybridized carbons (Fsp3) is 0.417. The zero-order valence-electron chi connectivity index (χ0n) is 9.93. The summed E-state index contributed by atoms with van der Waals surface area (Å²) in [6, 6.07) is 1.87. The molecule has 0 saturated carbocycles. The quantitative estimate of drug-likeness (QED) is 0.584. The Kier molecular flexibility index (Phi) is 4.37. The maximum absolute atomic E-state index is 13.1. The number of hydrogen-bond acceptors (Lipinski definition) is 1. The topological polar surface area (TPSA) is 17.1 Å². The van der Waals surface area contributed by atoms with Gasteiger partial charge in [-0.15, -0.1) is 0 Å². The third kappa shape index (κ3) is 3.35. The van der Waals surface area contributed by atoms with Gasteiger partial charge in [0.25, 0.3) is 0 Å². The third-order valence-corrected chi connectivity index (χ3v) is 2.52. The first-order valence-electron chi connectivity index (χ1n) is 5.32. The molecule has 5 heteroatoms. The van der Waals surface area contributed by atoms with E-state index in [0.717, 1.165) is 12.1 Å². The minimum absolute atomic E-state index is 0.0110. The number of carbonyl (C=O) groups is 1. The minimum Gasteiger partial charge on any atom is -0.312 e. The second kappa shape index (κ2) is 5.38. The largest absolute Gasteiger partial charge is 0.312 e. The molecule has 0 fully saturated rings. The highest BCUT2D eigenvalue weighted by Gasteiger charge is 2.22. The molecule has 1 aromatic rings. The van der Waals surface area contributed by atoms with Crippen LogP contribution >= 0.6 is 0 Å². The van der Waals surface area contributed by atoms with Crippen LogP contribution in [-0.2, 0) is 4.79 Å². The Morgan fingerprint density at radius 1 is 1.18 bits per heavy atom. The number of rotatable bonds is 4. The Morgan fingerprint density at radius 2 is 1.65 bits per heavy atom. The highest BCUT2D eigenvalue weighted by molar-refractivity contribution is 6.74. The predicted molar refractivity (Wildman–Crippen MR) is 60.3 cm³/mol. The molecule has 0 saturated heterocycles. The van der Waals surface area contributed by atoms with Crippen molar-refractivity contribution in [1.29, 1.82) is 0 Å². The summed E-state index contributed by atoms with van der Waals surface area (Å²) in [5.74, 6) is -4.38. The highest BCUT2D eigenvalue weighted by Crippen LogP contribution is 2.26. The van der Waals surface area contributed by atoms with Crippen molar-refractivity contribution in [1.82, 2.24) is 0 Å². The first kappa shape index (κ1) is 13.8. The zero-order valence-corrected chi connectivity index (χ0v) is 9.93. The normalized spacial score (nSPS) is 12.6. The standard InChI is InChI=1S/C12H13BF3O/c1-6(2)11(13-7(3)17)8-4-9(14)12(16)10(15)5-8/h4-6,11H,1-3H3. The SMILES string of the molecule is CC(=O)[B]C(c1cc(F)c(F)c(F)c1)C(C)C. The van der Waals surface area contributed by atoms with Gasteiger partial charge < -0.3 is 4.79 Å². The van der Waals surface area contributed by atoms with E-state index in [4.69, 9.17) is 0 Å². The van der Waals surface area contributed by atoms with Gasteiger partial charge in [0.05, 0.1) is 5.68 Å². The fourth-order valence-electron chi connectivity index (χ4n) is 1.69. The van der Waals surface area contributed by atoms with Gasteiger partial charge in [-0.25, -0.2) is 13.2 Å². The van der Waals surface area contributed by atoms with Crippen LogP contribution in [0.4, 0.5) is 13.2 Å². The second-order valence-corrected chi connectivity index (χ2v) is 4.35. The molecule has 0 N–H and O–H groups in total. The van der Waals surface area contributed by atoms with Gasteiger partial charge in [0.2, 0.25) is 7.28 Å². The van der Waals surface area contributed by atoms with Crippen molar-refractivity contribution >= 4 is 13.0 Å². The van der Waals surface area contributed by atoms with Crippen LogP contribution in [0.1, 0.15) is 32.2 Å². The Morgan fingerprint density at radius 3 is 2.00 bits per heavy atom. The van der Waals surface area contributed by atoms with Crippen molar-refractivity contribution in [2.24, 2.45) is 5.92 Å². The van der Waals surface area contributed by atoms with Gasteiger partial charge in [-0.05, 0) is 36.4 Å². The molecule has 0 bridgehead atoms. The molecule has 0 aliphatic rings. The van der Waals surface area contributed by atoms with E-state index in [1.807, 2.05) is 13.8 Å². The lowest BCUT2D eigenvalue weighted by atomic mass is 9.55. The maximum Gasteiger partial charge on any atom is 0.210 e. The van der Waals surface area contributed by atoms with E-state index in [9.17, 15) is 18.0 Å². The third-order valence-electron chi connectivity index (χ3n) is 2.52. The molecule has 0 amide bonds. The summed E-state index contributed by atoms with van der Waals surface area (Å²) in [5.41, 5.74) is 0.0837. The molecule has 1 atom stereocenters. The van der Waals surface area contributed by atoms with Crippen LogP contribution in [0.2, 0.25) is 0 Å². The molecule has 0 heterocycles. The van der Waals surface area contributed by atoms with E-state index in [0.29, 0.717) is 0 Å². The summed E-state index contributed by atoms with van der Waals surface area (Å²) < 4.78 is 39.0. The van der Waals surface area contributed by atoms with Crippen LogP contribution in [0.15, 0.2) is 12.1 Å². The van der Waals surface area contributed by atoms with Gasteiger partial charge in [0.1, 0.15) is 0 Å². The molecule has 0 aromatic heterocycles. The number of benzene rings is 1. The number of carbonyl (C=O) groups excluding carboxylic acids is 1. The number of halogens is 3. The van der Waals surface area contributed by atoms with Crippen LogP contribution < -0.4 is 0 Å². The summed E-state index contributed by atoms with van der Waals surface area (Å²) in [7, 11) is 1.39. The molecule has 1 aromatic carbocycles. The molecular formula is C12H13BF3O. The van der Waals surface area contributed by atoms with Crippen molar-refractivity contribution < 1.29 is 18.0 Å². The highest BCUT2D eigenvalue weighted by atomic mass is 19.2. The average Bonchev–Trinajstić information content (AvgIpc) is 2.21. The molecule has 1 radical (unpaired) electrons. The molecule has 17 heavy (non-hydrogen) atoms. The molecule has 1 unspecified atom stereocenters. The smallest absolute Gasteiger partial charge is 0.210 e. The second-order valence-electron chi connectivity index (χ2n) is 4.35. The van der Waals surface area contributed by atoms with Gasteiger partial charge in [-0.3, -0.25) is 0 Å². The van der Waals surface area contributed by atoms with Crippen molar-refractivity contribution in [2.75, 3.05) is 0 Å². The lowest BCUT2D eigenvalue weighted by Gasteiger charge is -2.19. The van der Waals surface area contributed by atoms with Gasteiger partial charge >= 0.3 is 0 Å². The van der Waals surface area contributed by atoms with Crippen molar-refractivity contribution in [2.45, 2.75) is 26.6 Å². The summed E-state index contributed by atoms with van der Waals surface area (Å²) in [6.07, 6.45) is 0. The summed E-state index contributed by atoms with van der Waals surface area (Å²) in [5, 5.41) is 0. The lowest BCUT2D eigenvalue weighted by molar-refractivity contribution is -0.110. The van der Waals surface area contributed by atoms with Gasteiger partial charge in [0.15, 0.2) is 17.5 Å². The molecule has 1 rings (SSSR count). The molecule has 91 valence electrons. The van der Waals surface area contributed by atoms with E-state index in [-0.39, 0.29) is 17.2 Å². The van der Waals surface area contributed by atoms with E-state index in [2.05, 4.69) is 0 Å². The van der Waals surface area contributed by atoms with E-state index in [1.165, 1.54) is 14.2 Å². The first-order chi connectivity index (χ1) is 7.82. The minimum atomic E-state index is -1.49. The van der Waals surface area contributed by atoms with Crippen molar-refractivity contribution in [3.63, 3.8) is 0 Å². The first-order valence-corrected chi connectivity index (χ1v) is 5.32. The lowest BCUT2D eigenvalue weighted by Crippen LogP contribution is -2.21. The molecule has 1 nitrogen and oxygen atoms in total. The number of hydrogen-bond donors (Lipinski definition) is 0. The van der Waals surface area contributed by atoms with Gasteiger partial charge in [-0.2, -0.15) is 0 Å². The average molecular weight is 241 g/mol. The van der Waals surface area contributed by atoms with Gasteiger partial charge in [-0.1, -0.05) is 13.8 Å². The molecule has 0 spiro atoms. The monoisotopic (exact) mass is 241 g/mol. The summed E-state index contributed by atoms with van der Waals surface area (Å²) >= 11 is 0. The molecular weight excluding hydrogens is 228 g/mol.